The van der Waals surface area contributed by atoms with Gasteiger partial charge in [-0.2, -0.15) is 0 Å². The van der Waals surface area contributed by atoms with Crippen LogP contribution in [0.1, 0.15) is 31.4 Å². The Bertz CT molecular complexity index is 389. The number of carboxylic acids is 1. The number of hydrogen-bond donors (Lipinski definition) is 1. The fourth-order valence-corrected chi connectivity index (χ4v) is 2.31. The van der Waals surface area contributed by atoms with Gasteiger partial charge in [0.1, 0.15) is 5.41 Å². The molecule has 0 radical (unpaired) electrons. The molecule has 0 spiro atoms. The average Bonchev–Trinajstić information content (AvgIpc) is 2.67. The molecular formula is C10H11ClN2O2. The third-order valence-electron chi connectivity index (χ3n) is 2.98. The zero-order valence-electron chi connectivity index (χ0n) is 8.11. The second-order valence-electron chi connectivity index (χ2n) is 3.81. The summed E-state index contributed by atoms with van der Waals surface area (Å²) in [6.45, 7) is 0. The minimum absolute atomic E-state index is 0.111. The average molecular weight is 227 g/mol. The minimum atomic E-state index is -0.841. The first-order valence-corrected chi connectivity index (χ1v) is 5.25. The minimum Gasteiger partial charge on any atom is -0.481 e. The zero-order chi connectivity index (χ0) is 10.9. The van der Waals surface area contributed by atoms with E-state index in [0.717, 1.165) is 12.8 Å². The molecule has 1 aliphatic rings. The number of carboxylic acid groups (broad SMARTS) is 1. The van der Waals surface area contributed by atoms with Crippen LogP contribution in [0.5, 0.6) is 0 Å². The van der Waals surface area contributed by atoms with Crippen molar-refractivity contribution in [2.24, 2.45) is 0 Å². The molecule has 2 rings (SSSR count). The number of hydrogen-bond acceptors (Lipinski definition) is 3. The van der Waals surface area contributed by atoms with Crippen LogP contribution in [0.15, 0.2) is 12.3 Å². The first kappa shape index (κ1) is 10.4. The molecule has 0 amide bonds. The fourth-order valence-electron chi connectivity index (χ4n) is 2.16. The Morgan fingerprint density at radius 1 is 1.47 bits per heavy atom. The first-order chi connectivity index (χ1) is 7.15. The molecule has 0 aromatic carbocycles. The first-order valence-electron chi connectivity index (χ1n) is 4.87. The summed E-state index contributed by atoms with van der Waals surface area (Å²) in [4.78, 5) is 19.1. The summed E-state index contributed by atoms with van der Waals surface area (Å²) in [5, 5.41) is 9.42. The summed E-state index contributed by atoms with van der Waals surface area (Å²) in [7, 11) is 0. The molecule has 1 heterocycles. The van der Waals surface area contributed by atoms with Gasteiger partial charge in [0.15, 0.2) is 0 Å². The number of carbonyl (C=O) groups is 1. The summed E-state index contributed by atoms with van der Waals surface area (Å²) in [5.41, 5.74) is -0.306. The van der Waals surface area contributed by atoms with E-state index >= 15 is 0 Å². The smallest absolute Gasteiger partial charge is 0.315 e. The van der Waals surface area contributed by atoms with E-state index in [0.29, 0.717) is 18.5 Å². The molecule has 4 nitrogen and oxygen atoms in total. The molecular weight excluding hydrogens is 216 g/mol. The van der Waals surface area contributed by atoms with Gasteiger partial charge in [0.05, 0.1) is 5.69 Å². The van der Waals surface area contributed by atoms with Crippen molar-refractivity contribution in [3.8, 4) is 0 Å². The van der Waals surface area contributed by atoms with Gasteiger partial charge in [-0.15, -0.1) is 0 Å². The zero-order valence-corrected chi connectivity index (χ0v) is 8.87. The maximum atomic E-state index is 11.3. The number of aliphatic carboxylic acids is 1. The molecule has 15 heavy (non-hydrogen) atoms. The van der Waals surface area contributed by atoms with E-state index in [-0.39, 0.29) is 5.28 Å². The van der Waals surface area contributed by atoms with Crippen molar-refractivity contribution in [1.82, 2.24) is 9.97 Å². The second kappa shape index (κ2) is 3.77. The summed E-state index contributed by atoms with van der Waals surface area (Å²) in [6, 6.07) is 1.64. The van der Waals surface area contributed by atoms with E-state index in [1.54, 1.807) is 6.07 Å². The Morgan fingerprint density at radius 2 is 2.13 bits per heavy atom. The predicted molar refractivity (Wildman–Crippen MR) is 54.8 cm³/mol. The van der Waals surface area contributed by atoms with Crippen LogP contribution in [0.4, 0.5) is 0 Å². The molecule has 1 fully saturated rings. The molecule has 1 N–H and O–H groups in total. The van der Waals surface area contributed by atoms with Crippen molar-refractivity contribution in [2.75, 3.05) is 0 Å². The molecule has 80 valence electrons. The highest BCUT2D eigenvalue weighted by Gasteiger charge is 2.44. The summed E-state index contributed by atoms with van der Waals surface area (Å²) < 4.78 is 0. The SMILES string of the molecule is O=C(O)C1(c2ccnc(Cl)n2)CCCC1. The van der Waals surface area contributed by atoms with Crippen LogP contribution in [0, 0.1) is 0 Å². The van der Waals surface area contributed by atoms with Gasteiger partial charge in [-0.25, -0.2) is 9.97 Å². The number of rotatable bonds is 2. The molecule has 0 atom stereocenters. The van der Waals surface area contributed by atoms with Crippen LogP contribution in [-0.2, 0) is 10.2 Å². The van der Waals surface area contributed by atoms with Crippen LogP contribution in [0.2, 0.25) is 5.28 Å². The molecule has 1 aromatic rings. The van der Waals surface area contributed by atoms with Gasteiger partial charge in [-0.3, -0.25) is 4.79 Å². The van der Waals surface area contributed by atoms with Crippen molar-refractivity contribution in [1.29, 1.82) is 0 Å². The summed E-state index contributed by atoms with van der Waals surface area (Å²) in [6.07, 6.45) is 4.63. The Morgan fingerprint density at radius 3 is 2.67 bits per heavy atom. The van der Waals surface area contributed by atoms with E-state index in [2.05, 4.69) is 9.97 Å². The van der Waals surface area contributed by atoms with E-state index in [1.807, 2.05) is 0 Å². The third kappa shape index (κ3) is 1.69. The highest BCUT2D eigenvalue weighted by molar-refractivity contribution is 6.28. The van der Waals surface area contributed by atoms with Crippen LogP contribution >= 0.6 is 11.6 Å². The van der Waals surface area contributed by atoms with E-state index in [9.17, 15) is 9.90 Å². The van der Waals surface area contributed by atoms with Gasteiger partial charge in [-0.1, -0.05) is 12.8 Å². The van der Waals surface area contributed by atoms with Crippen molar-refractivity contribution in [2.45, 2.75) is 31.1 Å². The van der Waals surface area contributed by atoms with Crippen molar-refractivity contribution in [3.05, 3.63) is 23.2 Å². The summed E-state index contributed by atoms with van der Waals surface area (Å²) >= 11 is 5.67. The van der Waals surface area contributed by atoms with Gasteiger partial charge in [-0.05, 0) is 30.5 Å². The molecule has 0 unspecified atom stereocenters. The van der Waals surface area contributed by atoms with Crippen LogP contribution in [0.3, 0.4) is 0 Å². The van der Waals surface area contributed by atoms with Gasteiger partial charge < -0.3 is 5.11 Å². The normalized spacial score (nSPS) is 19.0. The Balaban J connectivity index is 2.45. The molecule has 5 heteroatoms. The van der Waals surface area contributed by atoms with Crippen LogP contribution < -0.4 is 0 Å². The lowest BCUT2D eigenvalue weighted by molar-refractivity contribution is -0.143. The van der Waals surface area contributed by atoms with Crippen molar-refractivity contribution in [3.63, 3.8) is 0 Å². The standard InChI is InChI=1S/C10H11ClN2O2/c11-9-12-6-3-7(13-9)10(8(14)15)4-1-2-5-10/h3,6H,1-2,4-5H2,(H,14,15). The van der Waals surface area contributed by atoms with Crippen molar-refractivity contribution < 1.29 is 9.90 Å². The fraction of sp³-hybridized carbons (Fsp3) is 0.500. The maximum Gasteiger partial charge on any atom is 0.315 e. The largest absolute Gasteiger partial charge is 0.481 e. The van der Waals surface area contributed by atoms with Crippen LogP contribution in [0.25, 0.3) is 0 Å². The molecule has 0 aliphatic heterocycles. The molecule has 1 saturated carbocycles. The number of nitrogens with zero attached hydrogens (tertiary/aromatic N) is 2. The Kier molecular flexibility index (Phi) is 2.61. The van der Waals surface area contributed by atoms with E-state index in [4.69, 9.17) is 11.6 Å². The monoisotopic (exact) mass is 226 g/mol. The van der Waals surface area contributed by atoms with Gasteiger partial charge in [0, 0.05) is 6.20 Å². The number of halogens is 1. The van der Waals surface area contributed by atoms with E-state index in [1.165, 1.54) is 6.20 Å². The molecule has 1 aliphatic carbocycles. The predicted octanol–water partition coefficient (Wildman–Crippen LogP) is 2.03. The molecule has 0 bridgehead atoms. The van der Waals surface area contributed by atoms with Crippen molar-refractivity contribution >= 4 is 17.6 Å². The lowest BCUT2D eigenvalue weighted by atomic mass is 9.82. The quantitative estimate of drug-likeness (QED) is 0.784. The lowest BCUT2D eigenvalue weighted by Crippen LogP contribution is -2.33. The van der Waals surface area contributed by atoms with E-state index < -0.39 is 11.4 Å². The second-order valence-corrected chi connectivity index (χ2v) is 4.14. The maximum absolute atomic E-state index is 11.3. The van der Waals surface area contributed by atoms with Crippen LogP contribution in [-0.4, -0.2) is 21.0 Å². The Labute approximate surface area is 92.3 Å². The highest BCUT2D eigenvalue weighted by atomic mass is 35.5. The highest BCUT2D eigenvalue weighted by Crippen LogP contribution is 2.40. The molecule has 1 aromatic heterocycles. The van der Waals surface area contributed by atoms with Gasteiger partial charge in [0.2, 0.25) is 5.28 Å². The summed E-state index contributed by atoms with van der Waals surface area (Å²) in [5.74, 6) is -0.810. The third-order valence-corrected chi connectivity index (χ3v) is 3.17. The van der Waals surface area contributed by atoms with Gasteiger partial charge >= 0.3 is 5.97 Å². The Hall–Kier alpha value is -1.16. The topological polar surface area (TPSA) is 63.1 Å². The number of aromatic nitrogens is 2. The van der Waals surface area contributed by atoms with Gasteiger partial charge in [0.25, 0.3) is 0 Å². The molecule has 0 saturated heterocycles. The lowest BCUT2D eigenvalue weighted by Gasteiger charge is -2.22.